The van der Waals surface area contributed by atoms with E-state index in [2.05, 4.69) is 10.2 Å². The van der Waals surface area contributed by atoms with Gasteiger partial charge in [0.05, 0.1) is 29.3 Å². The van der Waals surface area contributed by atoms with Crippen LogP contribution in [0, 0.1) is 10.1 Å². The molecule has 148 valence electrons. The number of nitrogens with zero attached hydrogens (tertiary/aromatic N) is 3. The first kappa shape index (κ1) is 19.9. The summed E-state index contributed by atoms with van der Waals surface area (Å²) in [6.45, 7) is 3.24. The molecule has 28 heavy (non-hydrogen) atoms. The molecule has 0 bridgehead atoms. The molecule has 1 saturated heterocycles. The number of benzene rings is 2. The highest BCUT2D eigenvalue weighted by Gasteiger charge is 2.20. The molecule has 1 amide bonds. The van der Waals surface area contributed by atoms with Crippen molar-refractivity contribution in [1.82, 2.24) is 4.90 Å². The summed E-state index contributed by atoms with van der Waals surface area (Å²) < 4.78 is 5.27. The lowest BCUT2D eigenvalue weighted by Crippen LogP contribution is -2.48. The number of piperazine rings is 1. The summed E-state index contributed by atoms with van der Waals surface area (Å²) in [4.78, 5) is 27.0. The number of anilines is 2. The van der Waals surface area contributed by atoms with Gasteiger partial charge in [-0.2, -0.15) is 0 Å². The van der Waals surface area contributed by atoms with Crippen molar-refractivity contribution in [3.05, 3.63) is 57.6 Å². The third-order valence-electron chi connectivity index (χ3n) is 4.59. The van der Waals surface area contributed by atoms with Crippen LogP contribution in [0.1, 0.15) is 0 Å². The van der Waals surface area contributed by atoms with Gasteiger partial charge in [-0.05, 0) is 18.2 Å². The number of nitro benzene ring substituents is 1. The second-order valence-corrected chi connectivity index (χ2v) is 6.84. The maximum Gasteiger partial charge on any atom is 0.271 e. The monoisotopic (exact) mass is 404 g/mol. The topological polar surface area (TPSA) is 88.0 Å². The number of ether oxygens (including phenoxy) is 1. The standard InChI is InChI=1S/C19H21ClN4O4/c1-28-16-4-2-3-14(11-16)23-9-7-22(8-10-23)13-19(25)21-18-12-15(24(26)27)5-6-17(18)20/h2-6,11-12H,7-10,13H2,1H3,(H,21,25). The van der Waals surface area contributed by atoms with Crippen molar-refractivity contribution in [2.24, 2.45) is 0 Å². The van der Waals surface area contributed by atoms with Gasteiger partial charge in [-0.3, -0.25) is 19.8 Å². The van der Waals surface area contributed by atoms with E-state index in [9.17, 15) is 14.9 Å². The Morgan fingerprint density at radius 3 is 2.64 bits per heavy atom. The number of hydrogen-bond acceptors (Lipinski definition) is 6. The number of methoxy groups -OCH3 is 1. The van der Waals surface area contributed by atoms with Crippen LogP contribution in [0.15, 0.2) is 42.5 Å². The molecule has 1 fully saturated rings. The van der Waals surface area contributed by atoms with E-state index in [-0.39, 0.29) is 28.8 Å². The van der Waals surface area contributed by atoms with Gasteiger partial charge in [0.15, 0.2) is 0 Å². The smallest absolute Gasteiger partial charge is 0.271 e. The third kappa shape index (κ3) is 4.90. The number of halogens is 1. The minimum Gasteiger partial charge on any atom is -0.497 e. The van der Waals surface area contributed by atoms with Crippen molar-refractivity contribution in [2.45, 2.75) is 0 Å². The molecular formula is C19H21ClN4O4. The molecule has 2 aromatic carbocycles. The summed E-state index contributed by atoms with van der Waals surface area (Å²) in [7, 11) is 1.64. The lowest BCUT2D eigenvalue weighted by atomic mass is 10.2. The number of carbonyl (C=O) groups is 1. The van der Waals surface area contributed by atoms with Crippen LogP contribution in [0.25, 0.3) is 0 Å². The molecule has 1 heterocycles. The fraction of sp³-hybridized carbons (Fsp3) is 0.316. The molecule has 2 aromatic rings. The number of hydrogen-bond donors (Lipinski definition) is 1. The molecule has 9 heteroatoms. The van der Waals surface area contributed by atoms with Crippen molar-refractivity contribution >= 4 is 34.6 Å². The molecule has 0 aliphatic carbocycles. The van der Waals surface area contributed by atoms with Crippen LogP contribution in [-0.4, -0.2) is 55.6 Å². The van der Waals surface area contributed by atoms with Crippen molar-refractivity contribution in [3.8, 4) is 5.75 Å². The van der Waals surface area contributed by atoms with E-state index in [0.29, 0.717) is 0 Å². The molecule has 8 nitrogen and oxygen atoms in total. The van der Waals surface area contributed by atoms with E-state index < -0.39 is 4.92 Å². The second kappa shape index (κ2) is 8.90. The van der Waals surface area contributed by atoms with Crippen molar-refractivity contribution < 1.29 is 14.5 Å². The largest absolute Gasteiger partial charge is 0.497 e. The Labute approximate surface area is 167 Å². The van der Waals surface area contributed by atoms with E-state index in [1.807, 2.05) is 29.2 Å². The summed E-state index contributed by atoms with van der Waals surface area (Å²) >= 11 is 6.03. The van der Waals surface area contributed by atoms with Gasteiger partial charge >= 0.3 is 0 Å². The van der Waals surface area contributed by atoms with E-state index in [4.69, 9.17) is 16.3 Å². The Bertz CT molecular complexity index is 869. The summed E-state index contributed by atoms with van der Waals surface area (Å²) in [6, 6.07) is 11.9. The minimum atomic E-state index is -0.524. The summed E-state index contributed by atoms with van der Waals surface area (Å²) in [5.74, 6) is 0.561. The van der Waals surface area contributed by atoms with E-state index in [0.717, 1.165) is 37.6 Å². The molecule has 0 unspecified atom stereocenters. The predicted molar refractivity (Wildman–Crippen MR) is 108 cm³/mol. The third-order valence-corrected chi connectivity index (χ3v) is 4.92. The van der Waals surface area contributed by atoms with Gasteiger partial charge in [0.25, 0.3) is 5.69 Å². The van der Waals surface area contributed by atoms with Gasteiger partial charge in [-0.25, -0.2) is 0 Å². The first-order valence-electron chi connectivity index (χ1n) is 8.81. The van der Waals surface area contributed by atoms with E-state index in [1.165, 1.54) is 18.2 Å². The Morgan fingerprint density at radius 1 is 1.21 bits per heavy atom. The Kier molecular flexibility index (Phi) is 6.33. The molecule has 0 atom stereocenters. The predicted octanol–water partition coefficient (Wildman–Crippen LogP) is 3.02. The number of nitro groups is 1. The minimum absolute atomic E-state index is 0.119. The highest BCUT2D eigenvalue weighted by molar-refractivity contribution is 6.33. The first-order valence-corrected chi connectivity index (χ1v) is 9.19. The van der Waals surface area contributed by atoms with Crippen molar-refractivity contribution in [2.75, 3.05) is 50.1 Å². The van der Waals surface area contributed by atoms with Gasteiger partial charge in [0.2, 0.25) is 5.91 Å². The van der Waals surface area contributed by atoms with Gasteiger partial charge in [-0.1, -0.05) is 17.7 Å². The first-order chi connectivity index (χ1) is 13.5. The zero-order valence-corrected chi connectivity index (χ0v) is 16.2. The number of rotatable bonds is 6. The quantitative estimate of drug-likeness (QED) is 0.588. The van der Waals surface area contributed by atoms with Crippen LogP contribution < -0.4 is 15.0 Å². The fourth-order valence-electron chi connectivity index (χ4n) is 3.09. The zero-order chi connectivity index (χ0) is 20.1. The molecule has 1 aliphatic rings. The molecule has 1 N–H and O–H groups in total. The van der Waals surface area contributed by atoms with Gasteiger partial charge < -0.3 is 15.0 Å². The molecular weight excluding hydrogens is 384 g/mol. The Hall–Kier alpha value is -2.84. The normalized spacial score (nSPS) is 14.6. The summed E-state index contributed by atoms with van der Waals surface area (Å²) in [5.41, 5.74) is 1.22. The summed E-state index contributed by atoms with van der Waals surface area (Å²) in [6.07, 6.45) is 0. The second-order valence-electron chi connectivity index (χ2n) is 6.43. The lowest BCUT2D eigenvalue weighted by Gasteiger charge is -2.35. The van der Waals surface area contributed by atoms with Crippen LogP contribution in [0.4, 0.5) is 17.1 Å². The highest BCUT2D eigenvalue weighted by Crippen LogP contribution is 2.27. The molecule has 1 aliphatic heterocycles. The number of non-ortho nitro benzene ring substituents is 1. The van der Waals surface area contributed by atoms with Crippen molar-refractivity contribution in [1.29, 1.82) is 0 Å². The van der Waals surface area contributed by atoms with Crippen LogP contribution in [0.3, 0.4) is 0 Å². The average Bonchev–Trinajstić information content (AvgIpc) is 2.70. The molecule has 0 aromatic heterocycles. The number of amides is 1. The Balaban J connectivity index is 1.54. The SMILES string of the molecule is COc1cccc(N2CCN(CC(=O)Nc3cc([N+](=O)[O-])ccc3Cl)CC2)c1. The van der Waals surface area contributed by atoms with Gasteiger partial charge in [0, 0.05) is 50.1 Å². The van der Waals surface area contributed by atoms with E-state index in [1.54, 1.807) is 7.11 Å². The van der Waals surface area contributed by atoms with Crippen LogP contribution >= 0.6 is 11.6 Å². The Morgan fingerprint density at radius 2 is 1.96 bits per heavy atom. The van der Waals surface area contributed by atoms with Crippen molar-refractivity contribution in [3.63, 3.8) is 0 Å². The van der Waals surface area contributed by atoms with E-state index >= 15 is 0 Å². The van der Waals surface area contributed by atoms with Crippen LogP contribution in [0.2, 0.25) is 5.02 Å². The molecule has 3 rings (SSSR count). The molecule has 0 saturated carbocycles. The highest BCUT2D eigenvalue weighted by atomic mass is 35.5. The molecule has 0 radical (unpaired) electrons. The maximum atomic E-state index is 12.3. The average molecular weight is 405 g/mol. The zero-order valence-electron chi connectivity index (χ0n) is 15.4. The lowest BCUT2D eigenvalue weighted by molar-refractivity contribution is -0.384. The molecule has 0 spiro atoms. The number of carbonyl (C=O) groups excluding carboxylic acids is 1. The van der Waals surface area contributed by atoms with Crippen LogP contribution in [0.5, 0.6) is 5.75 Å². The fourth-order valence-corrected chi connectivity index (χ4v) is 3.25. The van der Waals surface area contributed by atoms with Crippen LogP contribution in [-0.2, 0) is 4.79 Å². The van der Waals surface area contributed by atoms with Gasteiger partial charge in [0.1, 0.15) is 5.75 Å². The maximum absolute atomic E-state index is 12.3. The van der Waals surface area contributed by atoms with Gasteiger partial charge in [-0.15, -0.1) is 0 Å². The number of nitrogens with one attached hydrogen (secondary N) is 1. The summed E-state index contributed by atoms with van der Waals surface area (Å²) in [5, 5.41) is 13.8.